The van der Waals surface area contributed by atoms with Gasteiger partial charge in [0.1, 0.15) is 0 Å². The maximum atomic E-state index is 12.5. The van der Waals surface area contributed by atoms with Gasteiger partial charge in [-0.25, -0.2) is 4.79 Å². The molecule has 1 fully saturated rings. The number of ether oxygens (including phenoxy) is 1. The second-order valence-corrected chi connectivity index (χ2v) is 4.94. The van der Waals surface area contributed by atoms with Gasteiger partial charge in [-0.2, -0.15) is 13.2 Å². The summed E-state index contributed by atoms with van der Waals surface area (Å²) in [5.74, 6) is -0.453. The Morgan fingerprint density at radius 2 is 1.90 bits per heavy atom. The van der Waals surface area contributed by atoms with Crippen LogP contribution < -0.4 is 0 Å². The first-order chi connectivity index (χ1) is 9.39. The SMILES string of the molecule is COC(=O)c1ccc(CN(CC(F)(F)F)C2CC2)cc1. The number of hydrogen-bond acceptors (Lipinski definition) is 3. The minimum atomic E-state index is -4.19. The van der Waals surface area contributed by atoms with Gasteiger partial charge in [0.05, 0.1) is 19.2 Å². The number of benzene rings is 1. The maximum absolute atomic E-state index is 12.5. The van der Waals surface area contributed by atoms with Crippen LogP contribution in [-0.4, -0.2) is 36.7 Å². The Morgan fingerprint density at radius 3 is 2.35 bits per heavy atom. The molecule has 0 heterocycles. The van der Waals surface area contributed by atoms with Crippen LogP contribution in [0.5, 0.6) is 0 Å². The van der Waals surface area contributed by atoms with Gasteiger partial charge in [-0.05, 0) is 30.5 Å². The lowest BCUT2D eigenvalue weighted by Crippen LogP contribution is -2.35. The summed E-state index contributed by atoms with van der Waals surface area (Å²) in [6.07, 6.45) is -2.55. The van der Waals surface area contributed by atoms with Gasteiger partial charge in [0.25, 0.3) is 0 Å². The second-order valence-electron chi connectivity index (χ2n) is 4.94. The third-order valence-corrected chi connectivity index (χ3v) is 3.21. The molecule has 0 unspecified atom stereocenters. The Kier molecular flexibility index (Phi) is 4.32. The van der Waals surface area contributed by atoms with Crippen molar-refractivity contribution in [3.63, 3.8) is 0 Å². The summed E-state index contributed by atoms with van der Waals surface area (Å²) in [6, 6.07) is 6.49. The van der Waals surface area contributed by atoms with Crippen LogP contribution in [0.15, 0.2) is 24.3 Å². The molecule has 110 valence electrons. The number of hydrogen-bond donors (Lipinski definition) is 0. The van der Waals surface area contributed by atoms with E-state index in [4.69, 9.17) is 0 Å². The van der Waals surface area contributed by atoms with E-state index in [0.717, 1.165) is 18.4 Å². The monoisotopic (exact) mass is 287 g/mol. The van der Waals surface area contributed by atoms with Gasteiger partial charge in [0.15, 0.2) is 0 Å². The van der Waals surface area contributed by atoms with Crippen molar-refractivity contribution in [1.29, 1.82) is 0 Å². The highest BCUT2D eigenvalue weighted by molar-refractivity contribution is 5.89. The summed E-state index contributed by atoms with van der Waals surface area (Å²) in [6.45, 7) is -0.651. The van der Waals surface area contributed by atoms with Crippen molar-refractivity contribution in [3.05, 3.63) is 35.4 Å². The van der Waals surface area contributed by atoms with Crippen molar-refractivity contribution in [2.24, 2.45) is 0 Å². The van der Waals surface area contributed by atoms with Gasteiger partial charge >= 0.3 is 12.1 Å². The molecule has 1 saturated carbocycles. The van der Waals surface area contributed by atoms with Crippen molar-refractivity contribution in [1.82, 2.24) is 4.90 Å². The Hall–Kier alpha value is -1.56. The molecular formula is C14H16F3NO2. The zero-order valence-electron chi connectivity index (χ0n) is 11.1. The van der Waals surface area contributed by atoms with E-state index < -0.39 is 18.7 Å². The minimum Gasteiger partial charge on any atom is -0.465 e. The quantitative estimate of drug-likeness (QED) is 0.780. The highest BCUT2D eigenvalue weighted by Gasteiger charge is 2.37. The molecule has 0 amide bonds. The van der Waals surface area contributed by atoms with Gasteiger partial charge in [0.2, 0.25) is 0 Å². The van der Waals surface area contributed by atoms with Crippen molar-refractivity contribution < 1.29 is 22.7 Å². The molecular weight excluding hydrogens is 271 g/mol. The summed E-state index contributed by atoms with van der Waals surface area (Å²) in [4.78, 5) is 12.7. The fourth-order valence-electron chi connectivity index (χ4n) is 2.08. The normalized spacial score (nSPS) is 15.4. The van der Waals surface area contributed by atoms with E-state index >= 15 is 0 Å². The van der Waals surface area contributed by atoms with Gasteiger partial charge in [-0.1, -0.05) is 12.1 Å². The molecule has 20 heavy (non-hydrogen) atoms. The van der Waals surface area contributed by atoms with Crippen LogP contribution in [0.25, 0.3) is 0 Å². The fraction of sp³-hybridized carbons (Fsp3) is 0.500. The molecule has 1 aliphatic carbocycles. The molecule has 1 aliphatic rings. The zero-order chi connectivity index (χ0) is 14.8. The molecule has 0 radical (unpaired) electrons. The fourth-order valence-corrected chi connectivity index (χ4v) is 2.08. The zero-order valence-corrected chi connectivity index (χ0v) is 11.1. The van der Waals surface area contributed by atoms with Crippen LogP contribution >= 0.6 is 0 Å². The van der Waals surface area contributed by atoms with E-state index in [9.17, 15) is 18.0 Å². The van der Waals surface area contributed by atoms with Crippen LogP contribution in [0, 0.1) is 0 Å². The van der Waals surface area contributed by atoms with Crippen molar-refractivity contribution >= 4 is 5.97 Å². The number of halogens is 3. The van der Waals surface area contributed by atoms with E-state index in [1.165, 1.54) is 12.0 Å². The number of methoxy groups -OCH3 is 1. The highest BCUT2D eigenvalue weighted by atomic mass is 19.4. The molecule has 1 aromatic carbocycles. The smallest absolute Gasteiger partial charge is 0.401 e. The van der Waals surface area contributed by atoms with Crippen molar-refractivity contribution in [3.8, 4) is 0 Å². The molecule has 1 aromatic rings. The molecule has 0 atom stereocenters. The largest absolute Gasteiger partial charge is 0.465 e. The first kappa shape index (κ1) is 14.8. The van der Waals surface area contributed by atoms with Crippen LogP contribution in [-0.2, 0) is 11.3 Å². The van der Waals surface area contributed by atoms with Crippen molar-refractivity contribution in [2.75, 3.05) is 13.7 Å². The van der Waals surface area contributed by atoms with Gasteiger partial charge in [-0.15, -0.1) is 0 Å². The highest BCUT2D eigenvalue weighted by Crippen LogP contribution is 2.31. The molecule has 3 nitrogen and oxygen atoms in total. The lowest BCUT2D eigenvalue weighted by atomic mass is 10.1. The number of alkyl halides is 3. The summed E-state index contributed by atoms with van der Waals surface area (Å²) < 4.78 is 42.1. The Labute approximate surface area is 115 Å². The summed E-state index contributed by atoms with van der Waals surface area (Å²) >= 11 is 0. The first-order valence-electron chi connectivity index (χ1n) is 6.37. The summed E-state index contributed by atoms with van der Waals surface area (Å²) in [7, 11) is 1.29. The third kappa shape index (κ3) is 4.23. The van der Waals surface area contributed by atoms with E-state index in [1.807, 2.05) is 0 Å². The van der Waals surface area contributed by atoms with Gasteiger partial charge < -0.3 is 4.74 Å². The van der Waals surface area contributed by atoms with Gasteiger partial charge in [0, 0.05) is 12.6 Å². The number of carbonyl (C=O) groups excluding carboxylic acids is 1. The topological polar surface area (TPSA) is 29.5 Å². The number of nitrogens with zero attached hydrogens (tertiary/aromatic N) is 1. The standard InChI is InChI=1S/C14H16F3NO2/c1-20-13(19)11-4-2-10(3-5-11)8-18(12-6-7-12)9-14(15,16)17/h2-5,12H,6-9H2,1H3. The predicted molar refractivity (Wildman–Crippen MR) is 67.3 cm³/mol. The number of esters is 1. The molecule has 2 rings (SSSR count). The first-order valence-corrected chi connectivity index (χ1v) is 6.37. The van der Waals surface area contributed by atoms with Crippen molar-refractivity contribution in [2.45, 2.75) is 31.6 Å². The molecule has 0 bridgehead atoms. The Morgan fingerprint density at radius 1 is 1.30 bits per heavy atom. The Bertz CT molecular complexity index is 466. The predicted octanol–water partition coefficient (Wildman–Crippen LogP) is 3.00. The lowest BCUT2D eigenvalue weighted by Gasteiger charge is -2.23. The van der Waals surface area contributed by atoms with E-state index in [-0.39, 0.29) is 12.6 Å². The molecule has 0 saturated heterocycles. The summed E-state index contributed by atoms with van der Waals surface area (Å²) in [5, 5.41) is 0. The Balaban J connectivity index is 2.01. The van der Waals surface area contributed by atoms with E-state index in [1.54, 1.807) is 24.3 Å². The summed E-state index contributed by atoms with van der Waals surface area (Å²) in [5.41, 5.74) is 1.15. The molecule has 0 spiro atoms. The van der Waals surface area contributed by atoms with E-state index in [2.05, 4.69) is 4.74 Å². The lowest BCUT2D eigenvalue weighted by molar-refractivity contribution is -0.148. The molecule has 0 aliphatic heterocycles. The maximum Gasteiger partial charge on any atom is 0.401 e. The third-order valence-electron chi connectivity index (χ3n) is 3.21. The molecule has 0 aromatic heterocycles. The average molecular weight is 287 g/mol. The van der Waals surface area contributed by atoms with Crippen LogP contribution in [0.1, 0.15) is 28.8 Å². The second kappa shape index (κ2) is 5.83. The minimum absolute atomic E-state index is 0.0249. The molecule has 6 heteroatoms. The molecule has 0 N–H and O–H groups in total. The van der Waals surface area contributed by atoms with Crippen LogP contribution in [0.4, 0.5) is 13.2 Å². The average Bonchev–Trinajstić information content (AvgIpc) is 3.20. The van der Waals surface area contributed by atoms with E-state index in [0.29, 0.717) is 5.56 Å². The van der Waals surface area contributed by atoms with Gasteiger partial charge in [-0.3, -0.25) is 4.90 Å². The number of rotatable bonds is 5. The van der Waals surface area contributed by atoms with Crippen LogP contribution in [0.2, 0.25) is 0 Å². The van der Waals surface area contributed by atoms with Crippen LogP contribution in [0.3, 0.4) is 0 Å². The number of carbonyl (C=O) groups is 1.